The lowest BCUT2D eigenvalue weighted by atomic mass is 9.88. The molecule has 5 heteroatoms. The van der Waals surface area contributed by atoms with Gasteiger partial charge < -0.3 is 5.11 Å². The van der Waals surface area contributed by atoms with E-state index < -0.39 is 5.60 Å². The second kappa shape index (κ2) is 6.86. The lowest BCUT2D eigenvalue weighted by Crippen LogP contribution is -2.31. The molecule has 0 radical (unpaired) electrons. The fourth-order valence-corrected chi connectivity index (χ4v) is 2.45. The first-order valence-corrected chi connectivity index (χ1v) is 7.33. The molecule has 0 aliphatic carbocycles. The summed E-state index contributed by atoms with van der Waals surface area (Å²) in [6.07, 6.45) is 7.01. The Kier molecular flexibility index (Phi) is 5.15. The lowest BCUT2D eigenvalue weighted by Gasteiger charge is -2.28. The molecule has 1 aromatic heterocycles. The summed E-state index contributed by atoms with van der Waals surface area (Å²) in [6, 6.07) is 7.38. The molecular weight excluding hydrogens is 274 g/mol. The minimum absolute atomic E-state index is 0.401. The number of hydrogen-bond donors (Lipinski definition) is 1. The maximum atomic E-state index is 11.0. The highest BCUT2D eigenvalue weighted by Gasteiger charge is 2.29. The average Bonchev–Trinajstić information content (AvgIpc) is 2.92. The van der Waals surface area contributed by atoms with Gasteiger partial charge in [0.2, 0.25) is 0 Å². The Morgan fingerprint density at radius 1 is 1.25 bits per heavy atom. The van der Waals surface area contributed by atoms with E-state index in [1.54, 1.807) is 11.0 Å². The fraction of sp³-hybridized carbons (Fsp3) is 0.467. The number of aromatic nitrogens is 3. The molecule has 0 amide bonds. The molecule has 0 aliphatic rings. The average molecular weight is 294 g/mol. The summed E-state index contributed by atoms with van der Waals surface area (Å²) in [5, 5.41) is 15.8. The number of halogens is 1. The molecule has 108 valence electrons. The summed E-state index contributed by atoms with van der Waals surface area (Å²) in [6.45, 7) is 2.55. The van der Waals surface area contributed by atoms with Crippen LogP contribution in [0.25, 0.3) is 0 Å². The van der Waals surface area contributed by atoms with Crippen LogP contribution in [0.2, 0.25) is 5.02 Å². The summed E-state index contributed by atoms with van der Waals surface area (Å²) >= 11 is 5.92. The molecule has 0 saturated carbocycles. The molecule has 1 N–H and O–H groups in total. The summed E-state index contributed by atoms with van der Waals surface area (Å²) in [5.41, 5.74) is -0.0681. The van der Waals surface area contributed by atoms with Gasteiger partial charge in [0.1, 0.15) is 18.3 Å². The van der Waals surface area contributed by atoms with Crippen LogP contribution in [-0.4, -0.2) is 19.9 Å². The maximum absolute atomic E-state index is 11.0. The minimum Gasteiger partial charge on any atom is -0.383 e. The highest BCUT2D eigenvalue weighted by Crippen LogP contribution is 2.30. The van der Waals surface area contributed by atoms with Gasteiger partial charge in [-0.3, -0.25) is 0 Å². The first-order valence-electron chi connectivity index (χ1n) is 6.95. The summed E-state index contributed by atoms with van der Waals surface area (Å²) < 4.78 is 1.67. The quantitative estimate of drug-likeness (QED) is 0.796. The highest BCUT2D eigenvalue weighted by molar-refractivity contribution is 6.30. The van der Waals surface area contributed by atoms with Crippen molar-refractivity contribution in [1.82, 2.24) is 14.8 Å². The SMILES string of the molecule is CCCCCC(O)(Cn1cncn1)c1ccc(Cl)cc1. The molecule has 0 spiro atoms. The van der Waals surface area contributed by atoms with Gasteiger partial charge in [-0.25, -0.2) is 9.67 Å². The number of hydrogen-bond acceptors (Lipinski definition) is 3. The van der Waals surface area contributed by atoms with Crippen LogP contribution in [0.1, 0.15) is 38.2 Å². The van der Waals surface area contributed by atoms with E-state index in [4.69, 9.17) is 11.6 Å². The molecule has 1 aromatic carbocycles. The molecule has 2 aromatic rings. The molecule has 0 bridgehead atoms. The number of rotatable bonds is 7. The Balaban J connectivity index is 2.20. The predicted octanol–water partition coefficient (Wildman–Crippen LogP) is 3.40. The van der Waals surface area contributed by atoms with Gasteiger partial charge in [-0.1, -0.05) is 49.9 Å². The second-order valence-electron chi connectivity index (χ2n) is 5.09. The molecule has 1 heterocycles. The highest BCUT2D eigenvalue weighted by atomic mass is 35.5. The van der Waals surface area contributed by atoms with Crippen LogP contribution in [0.4, 0.5) is 0 Å². The minimum atomic E-state index is -0.937. The van der Waals surface area contributed by atoms with Crippen molar-refractivity contribution >= 4 is 11.6 Å². The third-order valence-electron chi connectivity index (χ3n) is 3.47. The molecule has 0 saturated heterocycles. The van der Waals surface area contributed by atoms with Gasteiger partial charge in [-0.05, 0) is 24.1 Å². The van der Waals surface area contributed by atoms with E-state index in [1.807, 2.05) is 24.3 Å². The number of unbranched alkanes of at least 4 members (excludes halogenated alkanes) is 2. The maximum Gasteiger partial charge on any atom is 0.137 e. The summed E-state index contributed by atoms with van der Waals surface area (Å²) in [4.78, 5) is 3.93. The largest absolute Gasteiger partial charge is 0.383 e. The van der Waals surface area contributed by atoms with Crippen molar-refractivity contribution in [3.05, 3.63) is 47.5 Å². The predicted molar refractivity (Wildman–Crippen MR) is 79.5 cm³/mol. The summed E-state index contributed by atoms with van der Waals surface area (Å²) in [5.74, 6) is 0. The van der Waals surface area contributed by atoms with Crippen LogP contribution in [0.5, 0.6) is 0 Å². The van der Waals surface area contributed by atoms with E-state index in [0.29, 0.717) is 18.0 Å². The van der Waals surface area contributed by atoms with Crippen LogP contribution >= 0.6 is 11.6 Å². The van der Waals surface area contributed by atoms with Gasteiger partial charge in [-0.15, -0.1) is 0 Å². The monoisotopic (exact) mass is 293 g/mol. The van der Waals surface area contributed by atoms with Crippen molar-refractivity contribution in [2.24, 2.45) is 0 Å². The Bertz CT molecular complexity index is 512. The van der Waals surface area contributed by atoms with Crippen molar-refractivity contribution in [2.75, 3.05) is 0 Å². The topological polar surface area (TPSA) is 50.9 Å². The molecule has 0 aliphatic heterocycles. The van der Waals surface area contributed by atoms with E-state index in [1.165, 1.54) is 6.33 Å². The van der Waals surface area contributed by atoms with Crippen LogP contribution in [0.3, 0.4) is 0 Å². The zero-order chi connectivity index (χ0) is 14.4. The molecular formula is C15H20ClN3O. The third-order valence-corrected chi connectivity index (χ3v) is 3.72. The molecule has 4 nitrogen and oxygen atoms in total. The van der Waals surface area contributed by atoms with Crippen LogP contribution in [0.15, 0.2) is 36.9 Å². The van der Waals surface area contributed by atoms with Crippen LogP contribution in [0, 0.1) is 0 Å². The summed E-state index contributed by atoms with van der Waals surface area (Å²) in [7, 11) is 0. The van der Waals surface area contributed by atoms with Crippen LogP contribution < -0.4 is 0 Å². The molecule has 0 fully saturated rings. The van der Waals surface area contributed by atoms with Gasteiger partial charge >= 0.3 is 0 Å². The van der Waals surface area contributed by atoms with E-state index in [-0.39, 0.29) is 0 Å². The van der Waals surface area contributed by atoms with Gasteiger partial charge in [0.25, 0.3) is 0 Å². The van der Waals surface area contributed by atoms with Gasteiger partial charge in [0.15, 0.2) is 0 Å². The fourth-order valence-electron chi connectivity index (χ4n) is 2.32. The first-order chi connectivity index (χ1) is 9.64. The normalized spacial score (nSPS) is 14.2. The zero-order valence-electron chi connectivity index (χ0n) is 11.7. The van der Waals surface area contributed by atoms with Crippen molar-refractivity contribution in [3.8, 4) is 0 Å². The van der Waals surface area contributed by atoms with Gasteiger partial charge in [0, 0.05) is 5.02 Å². The molecule has 20 heavy (non-hydrogen) atoms. The lowest BCUT2D eigenvalue weighted by molar-refractivity contribution is 0.00387. The molecule has 1 unspecified atom stereocenters. The second-order valence-corrected chi connectivity index (χ2v) is 5.53. The van der Waals surface area contributed by atoms with Crippen molar-refractivity contribution < 1.29 is 5.11 Å². The van der Waals surface area contributed by atoms with Crippen molar-refractivity contribution in [3.63, 3.8) is 0 Å². The number of nitrogens with zero attached hydrogens (tertiary/aromatic N) is 3. The van der Waals surface area contributed by atoms with E-state index in [0.717, 1.165) is 24.8 Å². The first kappa shape index (κ1) is 15.0. The molecule has 2 rings (SSSR count). The Morgan fingerprint density at radius 3 is 2.60 bits per heavy atom. The smallest absolute Gasteiger partial charge is 0.137 e. The van der Waals surface area contributed by atoms with E-state index >= 15 is 0 Å². The molecule has 1 atom stereocenters. The van der Waals surface area contributed by atoms with Crippen LogP contribution in [-0.2, 0) is 12.1 Å². The Labute approximate surface area is 124 Å². The standard InChI is InChI=1S/C15H20ClN3O/c1-2-3-4-9-15(20,10-19-12-17-11-18-19)13-5-7-14(16)8-6-13/h5-8,11-12,20H,2-4,9-10H2,1H3. The Morgan fingerprint density at radius 2 is 2.00 bits per heavy atom. The van der Waals surface area contributed by atoms with Gasteiger partial charge in [-0.2, -0.15) is 5.10 Å². The number of benzene rings is 1. The Hall–Kier alpha value is -1.39. The third kappa shape index (κ3) is 3.81. The van der Waals surface area contributed by atoms with Crippen molar-refractivity contribution in [1.29, 1.82) is 0 Å². The zero-order valence-corrected chi connectivity index (χ0v) is 12.4. The van der Waals surface area contributed by atoms with Crippen molar-refractivity contribution in [2.45, 2.75) is 44.8 Å². The van der Waals surface area contributed by atoms with E-state index in [2.05, 4.69) is 17.0 Å². The van der Waals surface area contributed by atoms with Gasteiger partial charge in [0.05, 0.1) is 6.54 Å². The number of aliphatic hydroxyl groups is 1. The van der Waals surface area contributed by atoms with E-state index in [9.17, 15) is 5.11 Å².